The average molecular weight is 276 g/mol. The fourth-order valence-electron chi connectivity index (χ4n) is 2.55. The van der Waals surface area contributed by atoms with Crippen molar-refractivity contribution in [1.29, 1.82) is 0 Å². The number of rotatable bonds is 3. The Morgan fingerprint density at radius 2 is 2.16 bits per heavy atom. The molecule has 0 bridgehead atoms. The first-order chi connectivity index (χ1) is 9.15. The minimum atomic E-state index is -1.13. The average Bonchev–Trinajstić information content (AvgIpc) is 2.73. The second-order valence-corrected chi connectivity index (χ2v) is 5.82. The first-order valence-electron chi connectivity index (χ1n) is 6.38. The first kappa shape index (κ1) is 12.3. The molecule has 0 radical (unpaired) electrons. The third kappa shape index (κ3) is 2.28. The molecule has 0 atom stereocenters. The van der Waals surface area contributed by atoms with E-state index in [2.05, 4.69) is 15.3 Å². The summed E-state index contributed by atoms with van der Waals surface area (Å²) in [7, 11) is 0. The van der Waals surface area contributed by atoms with Crippen molar-refractivity contribution in [1.82, 2.24) is 9.97 Å². The van der Waals surface area contributed by atoms with E-state index in [4.69, 9.17) is 0 Å². The standard InChI is InChI=1S/C13H15N3O2S/c1-7-15-12(14-6-10(17)18)11-8-4-2-3-5-9(8)19-13(11)16-7/h2-6H2,1H3,(H,17,18)(H,14,15,16)/p-1. The van der Waals surface area contributed by atoms with Gasteiger partial charge in [0.2, 0.25) is 0 Å². The molecule has 19 heavy (non-hydrogen) atoms. The van der Waals surface area contributed by atoms with Gasteiger partial charge in [-0.05, 0) is 38.2 Å². The first-order valence-corrected chi connectivity index (χ1v) is 7.19. The normalized spacial score (nSPS) is 14.4. The SMILES string of the molecule is Cc1nc(NCC(=O)[O-])c2c3c(sc2n1)CCCC3. The number of anilines is 1. The summed E-state index contributed by atoms with van der Waals surface area (Å²) in [5, 5.41) is 14.5. The zero-order chi connectivity index (χ0) is 13.4. The highest BCUT2D eigenvalue weighted by Gasteiger charge is 2.20. The van der Waals surface area contributed by atoms with Crippen LogP contribution in [0, 0.1) is 6.92 Å². The second kappa shape index (κ2) is 4.77. The van der Waals surface area contributed by atoms with Crippen molar-refractivity contribution in [2.24, 2.45) is 0 Å². The molecule has 3 rings (SSSR count). The van der Waals surface area contributed by atoms with E-state index in [1.165, 1.54) is 23.3 Å². The van der Waals surface area contributed by atoms with E-state index in [-0.39, 0.29) is 6.54 Å². The van der Waals surface area contributed by atoms with Gasteiger partial charge in [0, 0.05) is 4.88 Å². The Bertz CT molecular complexity index is 651. The number of hydrogen-bond acceptors (Lipinski definition) is 6. The Hall–Kier alpha value is -1.69. The van der Waals surface area contributed by atoms with E-state index in [0.717, 1.165) is 23.1 Å². The molecule has 0 amide bonds. The zero-order valence-electron chi connectivity index (χ0n) is 10.7. The number of carboxylic acids is 1. The second-order valence-electron chi connectivity index (χ2n) is 4.74. The Morgan fingerprint density at radius 1 is 1.37 bits per heavy atom. The molecule has 0 fully saturated rings. The third-order valence-corrected chi connectivity index (χ3v) is 4.51. The maximum atomic E-state index is 10.6. The van der Waals surface area contributed by atoms with E-state index in [0.29, 0.717) is 11.6 Å². The van der Waals surface area contributed by atoms with Crippen molar-refractivity contribution in [3.05, 3.63) is 16.3 Å². The predicted octanol–water partition coefficient (Wildman–Crippen LogP) is 1.04. The summed E-state index contributed by atoms with van der Waals surface area (Å²) in [6.45, 7) is 1.60. The highest BCUT2D eigenvalue weighted by molar-refractivity contribution is 7.19. The van der Waals surface area contributed by atoms with Crippen LogP contribution < -0.4 is 10.4 Å². The fourth-order valence-corrected chi connectivity index (χ4v) is 3.85. The number of aryl methyl sites for hydroxylation is 3. The van der Waals surface area contributed by atoms with Crippen molar-refractivity contribution >= 4 is 33.3 Å². The van der Waals surface area contributed by atoms with Gasteiger partial charge in [0.1, 0.15) is 16.5 Å². The highest BCUT2D eigenvalue weighted by Crippen LogP contribution is 2.38. The van der Waals surface area contributed by atoms with Crippen LogP contribution in [0.5, 0.6) is 0 Å². The number of carbonyl (C=O) groups excluding carboxylic acids is 1. The number of hydrogen-bond donors (Lipinski definition) is 1. The molecule has 0 aromatic carbocycles. The summed E-state index contributed by atoms with van der Waals surface area (Å²) >= 11 is 1.71. The summed E-state index contributed by atoms with van der Waals surface area (Å²) in [6.07, 6.45) is 4.51. The molecule has 100 valence electrons. The number of carbonyl (C=O) groups is 1. The lowest BCUT2D eigenvalue weighted by molar-refractivity contribution is -0.302. The van der Waals surface area contributed by atoms with Gasteiger partial charge in [0.25, 0.3) is 0 Å². The van der Waals surface area contributed by atoms with Crippen LogP contribution in [0.4, 0.5) is 5.82 Å². The number of aromatic nitrogens is 2. The van der Waals surface area contributed by atoms with E-state index >= 15 is 0 Å². The molecule has 0 spiro atoms. The lowest BCUT2D eigenvalue weighted by Gasteiger charge is -2.13. The van der Waals surface area contributed by atoms with E-state index < -0.39 is 5.97 Å². The van der Waals surface area contributed by atoms with Crippen molar-refractivity contribution in [2.75, 3.05) is 11.9 Å². The molecule has 2 heterocycles. The Labute approximate surface area is 114 Å². The molecular weight excluding hydrogens is 262 g/mol. The highest BCUT2D eigenvalue weighted by atomic mass is 32.1. The Balaban J connectivity index is 2.13. The lowest BCUT2D eigenvalue weighted by atomic mass is 9.97. The van der Waals surface area contributed by atoms with E-state index in [1.54, 1.807) is 11.3 Å². The number of thiophene rings is 1. The van der Waals surface area contributed by atoms with Gasteiger partial charge in [-0.3, -0.25) is 0 Å². The number of nitrogens with one attached hydrogen (secondary N) is 1. The molecule has 0 unspecified atom stereocenters. The summed E-state index contributed by atoms with van der Waals surface area (Å²) < 4.78 is 0. The lowest BCUT2D eigenvalue weighted by Crippen LogP contribution is -2.30. The van der Waals surface area contributed by atoms with Gasteiger partial charge in [-0.2, -0.15) is 0 Å². The van der Waals surface area contributed by atoms with Crippen molar-refractivity contribution in [3.8, 4) is 0 Å². The minimum Gasteiger partial charge on any atom is -0.548 e. The monoisotopic (exact) mass is 276 g/mol. The maximum Gasteiger partial charge on any atom is 0.139 e. The van der Waals surface area contributed by atoms with E-state index in [9.17, 15) is 9.90 Å². The molecule has 2 aromatic rings. The van der Waals surface area contributed by atoms with Crippen LogP contribution >= 0.6 is 11.3 Å². The fraction of sp³-hybridized carbons (Fsp3) is 0.462. The molecule has 1 N–H and O–H groups in total. The molecule has 1 aliphatic carbocycles. The predicted molar refractivity (Wildman–Crippen MR) is 72.3 cm³/mol. The van der Waals surface area contributed by atoms with Crippen molar-refractivity contribution < 1.29 is 9.90 Å². The van der Waals surface area contributed by atoms with Crippen molar-refractivity contribution in [3.63, 3.8) is 0 Å². The van der Waals surface area contributed by atoms with Gasteiger partial charge in [-0.15, -0.1) is 11.3 Å². The van der Waals surface area contributed by atoms with Crippen LogP contribution in [0.25, 0.3) is 10.2 Å². The van der Waals surface area contributed by atoms with Crippen LogP contribution in [-0.2, 0) is 17.6 Å². The summed E-state index contributed by atoms with van der Waals surface area (Å²) in [5.41, 5.74) is 1.30. The van der Waals surface area contributed by atoms with Crippen LogP contribution in [-0.4, -0.2) is 22.5 Å². The van der Waals surface area contributed by atoms with Gasteiger partial charge in [-0.1, -0.05) is 0 Å². The number of fused-ring (bicyclic) bond motifs is 3. The molecule has 0 saturated heterocycles. The molecule has 2 aromatic heterocycles. The van der Waals surface area contributed by atoms with Gasteiger partial charge >= 0.3 is 0 Å². The largest absolute Gasteiger partial charge is 0.548 e. The van der Waals surface area contributed by atoms with Gasteiger partial charge in [-0.25, -0.2) is 9.97 Å². The maximum absolute atomic E-state index is 10.6. The van der Waals surface area contributed by atoms with Crippen LogP contribution in [0.2, 0.25) is 0 Å². The Kier molecular flexibility index (Phi) is 3.10. The van der Waals surface area contributed by atoms with Gasteiger partial charge in [0.15, 0.2) is 0 Å². The Morgan fingerprint density at radius 3 is 2.95 bits per heavy atom. The van der Waals surface area contributed by atoms with Gasteiger partial charge < -0.3 is 15.2 Å². The molecule has 1 aliphatic rings. The molecular formula is C13H14N3O2S-. The molecule has 6 heteroatoms. The van der Waals surface area contributed by atoms with Crippen LogP contribution in [0.15, 0.2) is 0 Å². The van der Waals surface area contributed by atoms with Gasteiger partial charge in [0.05, 0.1) is 17.9 Å². The van der Waals surface area contributed by atoms with Crippen molar-refractivity contribution in [2.45, 2.75) is 32.6 Å². The zero-order valence-corrected chi connectivity index (χ0v) is 11.5. The quantitative estimate of drug-likeness (QED) is 0.906. The molecule has 0 aliphatic heterocycles. The smallest absolute Gasteiger partial charge is 0.139 e. The topological polar surface area (TPSA) is 77.9 Å². The summed E-state index contributed by atoms with van der Waals surface area (Å²) in [4.78, 5) is 21.8. The van der Waals surface area contributed by atoms with Crippen LogP contribution in [0.1, 0.15) is 29.1 Å². The summed E-state index contributed by atoms with van der Waals surface area (Å²) in [6, 6.07) is 0. The third-order valence-electron chi connectivity index (χ3n) is 3.33. The minimum absolute atomic E-state index is 0.226. The summed E-state index contributed by atoms with van der Waals surface area (Å²) in [5.74, 6) is 0.159. The molecule has 0 saturated carbocycles. The molecule has 5 nitrogen and oxygen atoms in total. The number of aliphatic carboxylic acids is 1. The number of nitrogens with zero attached hydrogens (tertiary/aromatic N) is 2. The van der Waals surface area contributed by atoms with Crippen LogP contribution in [0.3, 0.4) is 0 Å². The number of carboxylic acid groups (broad SMARTS) is 1. The van der Waals surface area contributed by atoms with E-state index in [1.807, 2.05) is 6.92 Å².